The molecule has 0 unspecified atom stereocenters. The predicted molar refractivity (Wildman–Crippen MR) is 213 cm³/mol. The Morgan fingerprint density at radius 1 is 0.750 bits per heavy atom. The molecule has 0 atom stereocenters. The van der Waals surface area contributed by atoms with Crippen LogP contribution in [0.4, 0.5) is 17.1 Å². The lowest BCUT2D eigenvalue weighted by Gasteiger charge is -2.25. The van der Waals surface area contributed by atoms with E-state index in [2.05, 4.69) is 53.4 Å². The van der Waals surface area contributed by atoms with E-state index >= 15 is 0 Å². The molecule has 4 aromatic carbocycles. The molecule has 0 spiro atoms. The van der Waals surface area contributed by atoms with E-state index < -0.39 is 5.97 Å². The van der Waals surface area contributed by atoms with Crippen molar-refractivity contribution in [2.75, 3.05) is 18.6 Å². The van der Waals surface area contributed by atoms with Gasteiger partial charge in [0.05, 0.1) is 12.2 Å². The van der Waals surface area contributed by atoms with Gasteiger partial charge in [-0.25, -0.2) is 4.79 Å². The number of para-hydroxylation sites is 2. The number of carbonyl (C=O) groups is 2. The summed E-state index contributed by atoms with van der Waals surface area (Å²) in [6, 6.07) is 36.2. The van der Waals surface area contributed by atoms with Gasteiger partial charge in [-0.2, -0.15) is 5.26 Å². The van der Waals surface area contributed by atoms with Crippen molar-refractivity contribution >= 4 is 47.5 Å². The lowest BCUT2D eigenvalue weighted by Crippen LogP contribution is -2.15. The molecule has 0 saturated carbocycles. The highest BCUT2D eigenvalue weighted by atomic mass is 16.5. The lowest BCUT2D eigenvalue weighted by molar-refractivity contribution is -0.132. The molecule has 7 heteroatoms. The van der Waals surface area contributed by atoms with Crippen LogP contribution in [0.2, 0.25) is 0 Å². The fourth-order valence-electron chi connectivity index (χ4n) is 5.12. The normalized spacial score (nSPS) is 11.3. The van der Waals surface area contributed by atoms with E-state index in [4.69, 9.17) is 9.47 Å². The van der Waals surface area contributed by atoms with Crippen molar-refractivity contribution in [3.05, 3.63) is 125 Å². The van der Waals surface area contributed by atoms with Crippen LogP contribution >= 0.6 is 0 Å². The minimum absolute atomic E-state index is 0.0417. The number of hydrogen-bond donors (Lipinski definition) is 1. The zero-order valence-electron chi connectivity index (χ0n) is 31.0. The molecule has 0 aliphatic heterocycles. The van der Waals surface area contributed by atoms with Gasteiger partial charge >= 0.3 is 5.97 Å². The van der Waals surface area contributed by atoms with Gasteiger partial charge in [0.1, 0.15) is 23.7 Å². The predicted octanol–water partition coefficient (Wildman–Crippen LogP) is 11.4. The van der Waals surface area contributed by atoms with Gasteiger partial charge in [0.15, 0.2) is 0 Å². The van der Waals surface area contributed by atoms with Crippen LogP contribution in [0.25, 0.3) is 18.2 Å². The number of methoxy groups -OCH3 is 1. The summed E-state index contributed by atoms with van der Waals surface area (Å²) in [5.74, 6) is -0.728. The monoisotopic (exact) mass is 700 g/mol. The molecule has 7 nitrogen and oxygen atoms in total. The van der Waals surface area contributed by atoms with Crippen molar-refractivity contribution in [3.63, 3.8) is 0 Å². The average molecular weight is 701 g/mol. The van der Waals surface area contributed by atoms with Crippen molar-refractivity contribution in [1.29, 1.82) is 5.26 Å². The fourth-order valence-corrected chi connectivity index (χ4v) is 5.12. The Hall–Kier alpha value is -5.45. The third-order valence-corrected chi connectivity index (χ3v) is 8.17. The summed E-state index contributed by atoms with van der Waals surface area (Å²) in [5.41, 5.74) is 5.38. The second kappa shape index (κ2) is 22.4. The van der Waals surface area contributed by atoms with Gasteiger partial charge in [0.2, 0.25) is 0 Å². The van der Waals surface area contributed by atoms with Crippen LogP contribution in [-0.4, -0.2) is 36.7 Å². The Kier molecular flexibility index (Phi) is 17.6. The topological polar surface area (TPSA) is 99.9 Å². The molecule has 0 aliphatic rings. The highest BCUT2D eigenvalue weighted by Crippen LogP contribution is 2.34. The SMILES string of the molecule is COC(C)(C)C.N#C/C(=C/c1ccc(/C=C/c2ccc(N(c3ccccc3)c3ccccc3)cc2)cc1OCCCCCCCCCC=O)C(=O)O. The van der Waals surface area contributed by atoms with Crippen LogP contribution in [-0.2, 0) is 14.3 Å². The Morgan fingerprint density at radius 3 is 1.77 bits per heavy atom. The van der Waals surface area contributed by atoms with Gasteiger partial charge in [0, 0.05) is 36.2 Å². The number of carbonyl (C=O) groups excluding carboxylic acids is 1. The fraction of sp³-hybridized carbons (Fsp3) is 0.311. The van der Waals surface area contributed by atoms with E-state index in [-0.39, 0.29) is 11.2 Å². The van der Waals surface area contributed by atoms with Crippen LogP contribution in [0.1, 0.15) is 88.8 Å². The summed E-state index contributed by atoms with van der Waals surface area (Å²) in [4.78, 5) is 24.1. The van der Waals surface area contributed by atoms with E-state index in [0.717, 1.165) is 79.4 Å². The second-order valence-corrected chi connectivity index (χ2v) is 13.3. The number of aliphatic carboxylic acids is 1. The molecule has 1 N–H and O–H groups in total. The van der Waals surface area contributed by atoms with Crippen LogP contribution < -0.4 is 9.64 Å². The Labute approximate surface area is 309 Å². The first-order valence-electron chi connectivity index (χ1n) is 17.9. The number of carboxylic acids is 1. The molecule has 0 radical (unpaired) electrons. The molecule has 0 saturated heterocycles. The van der Waals surface area contributed by atoms with Crippen LogP contribution in [0, 0.1) is 11.3 Å². The van der Waals surface area contributed by atoms with Crippen molar-refractivity contribution < 1.29 is 24.2 Å². The quantitative estimate of drug-likeness (QED) is 0.0362. The van der Waals surface area contributed by atoms with E-state index in [0.29, 0.717) is 24.3 Å². The van der Waals surface area contributed by atoms with Crippen LogP contribution in [0.15, 0.2) is 109 Å². The lowest BCUT2D eigenvalue weighted by atomic mass is 10.1. The summed E-state index contributed by atoms with van der Waals surface area (Å²) in [6.07, 6.45) is 14.3. The number of rotatable bonds is 18. The Balaban J connectivity index is 0.00000112. The number of anilines is 3. The molecule has 52 heavy (non-hydrogen) atoms. The summed E-state index contributed by atoms with van der Waals surface area (Å²) in [6.45, 7) is 6.56. The molecule has 272 valence electrons. The van der Waals surface area contributed by atoms with E-state index in [9.17, 15) is 20.0 Å². The molecule has 0 heterocycles. The third-order valence-electron chi connectivity index (χ3n) is 8.17. The molecule has 0 aromatic heterocycles. The number of hydrogen-bond acceptors (Lipinski definition) is 6. The van der Waals surface area contributed by atoms with Gasteiger partial charge in [-0.15, -0.1) is 0 Å². The van der Waals surface area contributed by atoms with Crippen molar-refractivity contribution in [3.8, 4) is 11.8 Å². The molecule has 4 rings (SSSR count). The highest BCUT2D eigenvalue weighted by Gasteiger charge is 2.12. The van der Waals surface area contributed by atoms with E-state index in [1.807, 2.05) is 81.5 Å². The Morgan fingerprint density at radius 2 is 1.25 bits per heavy atom. The van der Waals surface area contributed by atoms with Crippen molar-refractivity contribution in [2.45, 2.75) is 77.7 Å². The molecular weight excluding hydrogens is 649 g/mol. The number of unbranched alkanes of at least 4 members (excludes halogenated alkanes) is 7. The number of ether oxygens (including phenoxy) is 2. The summed E-state index contributed by atoms with van der Waals surface area (Å²) in [7, 11) is 1.71. The van der Waals surface area contributed by atoms with Gasteiger partial charge in [-0.1, -0.05) is 105 Å². The van der Waals surface area contributed by atoms with Gasteiger partial charge in [-0.05, 0) is 93.3 Å². The maximum absolute atomic E-state index is 11.5. The minimum atomic E-state index is -1.27. The molecule has 4 aromatic rings. The zero-order chi connectivity index (χ0) is 37.6. The summed E-state index contributed by atoms with van der Waals surface area (Å²) >= 11 is 0. The number of aldehydes is 1. The van der Waals surface area contributed by atoms with Crippen LogP contribution in [0.5, 0.6) is 5.75 Å². The van der Waals surface area contributed by atoms with Crippen LogP contribution in [0.3, 0.4) is 0 Å². The maximum atomic E-state index is 11.5. The van der Waals surface area contributed by atoms with Gasteiger partial charge in [-0.3, -0.25) is 0 Å². The molecule has 0 bridgehead atoms. The standard InChI is InChI=1S/C40H40N2O4.C5H12O/c41-31-35(40(44)45)30-34-24-21-33(29-39(34)46-28-14-6-4-2-1-3-5-13-27-43)20-19-32-22-25-38(26-23-32)42(36-15-9-7-10-16-36)37-17-11-8-12-18-37;1-5(2,3)6-4/h7-12,15-27,29-30H,1-6,13-14,28H2,(H,44,45);1-4H3/b20-19+,35-30-;. The molecule has 0 aliphatic carbocycles. The number of nitrogens with zero attached hydrogens (tertiary/aromatic N) is 2. The van der Waals surface area contributed by atoms with E-state index in [1.54, 1.807) is 19.2 Å². The first kappa shape index (κ1) is 41.0. The Bertz CT molecular complexity index is 1710. The first-order valence-corrected chi connectivity index (χ1v) is 17.9. The third kappa shape index (κ3) is 14.8. The van der Waals surface area contributed by atoms with Gasteiger partial charge < -0.3 is 24.3 Å². The maximum Gasteiger partial charge on any atom is 0.346 e. The average Bonchev–Trinajstić information content (AvgIpc) is 3.15. The smallest absolute Gasteiger partial charge is 0.346 e. The number of benzene rings is 4. The van der Waals surface area contributed by atoms with Gasteiger partial charge in [0.25, 0.3) is 0 Å². The second-order valence-electron chi connectivity index (χ2n) is 13.3. The van der Waals surface area contributed by atoms with E-state index in [1.165, 1.54) is 6.08 Å². The molecular formula is C45H52N2O5. The zero-order valence-corrected chi connectivity index (χ0v) is 31.0. The molecule has 0 amide bonds. The van der Waals surface area contributed by atoms with Crippen molar-refractivity contribution in [2.24, 2.45) is 0 Å². The largest absolute Gasteiger partial charge is 0.493 e. The molecule has 0 fully saturated rings. The summed E-state index contributed by atoms with van der Waals surface area (Å²) in [5, 5.41) is 18.7. The highest BCUT2D eigenvalue weighted by molar-refractivity contribution is 5.97. The number of carboxylic acid groups (broad SMARTS) is 1. The number of nitriles is 1. The first-order chi connectivity index (χ1) is 25.1. The van der Waals surface area contributed by atoms with Crippen molar-refractivity contribution in [1.82, 2.24) is 0 Å². The minimum Gasteiger partial charge on any atom is -0.493 e. The summed E-state index contributed by atoms with van der Waals surface area (Å²) < 4.78 is 11.1.